The van der Waals surface area contributed by atoms with E-state index in [4.69, 9.17) is 0 Å². The normalized spacial score (nSPS) is 9.56. The lowest BCUT2D eigenvalue weighted by Gasteiger charge is -1.94. The summed E-state index contributed by atoms with van der Waals surface area (Å²) in [4.78, 5) is 0. The first-order valence-electron chi connectivity index (χ1n) is 2.62. The molecular weight excluding hydrogens is 229 g/mol. The first-order valence-corrected chi connectivity index (χ1v) is 3.69. The fraction of sp³-hybridized carbons (Fsp3) is 0. The van der Waals surface area contributed by atoms with E-state index in [0.29, 0.717) is 5.46 Å². The summed E-state index contributed by atoms with van der Waals surface area (Å²) in [5, 5.41) is 0. The van der Waals surface area contributed by atoms with Gasteiger partial charge in [-0.05, 0) is 34.7 Å². The molecule has 0 spiro atoms. The molecule has 0 fully saturated rings. The van der Waals surface area contributed by atoms with Crippen molar-refractivity contribution in [3.05, 3.63) is 27.6 Å². The molecule has 0 aromatic heterocycles. The maximum absolute atomic E-state index is 12.5. The molecule has 0 radical (unpaired) electrons. The van der Waals surface area contributed by atoms with Gasteiger partial charge >= 0.3 is 0 Å². The van der Waals surface area contributed by atoms with Crippen molar-refractivity contribution < 1.29 is 4.39 Å². The van der Waals surface area contributed by atoms with Crippen molar-refractivity contribution in [3.63, 3.8) is 0 Å². The van der Waals surface area contributed by atoms with E-state index in [0.717, 1.165) is 3.57 Å². The molecule has 0 saturated carbocycles. The lowest BCUT2D eigenvalue weighted by Crippen LogP contribution is -2.07. The van der Waals surface area contributed by atoms with Crippen LogP contribution in [-0.4, -0.2) is 7.85 Å². The van der Waals surface area contributed by atoms with Gasteiger partial charge in [0.2, 0.25) is 0 Å². The lowest BCUT2D eigenvalue weighted by atomic mass is 9.96. The largest absolute Gasteiger partial charge is 0.208 e. The quantitative estimate of drug-likeness (QED) is 0.457. The van der Waals surface area contributed by atoms with Gasteiger partial charge in [-0.25, -0.2) is 4.39 Å². The second-order valence-corrected chi connectivity index (χ2v) is 3.14. The van der Waals surface area contributed by atoms with Gasteiger partial charge in [-0.1, -0.05) is 11.5 Å². The third kappa shape index (κ3) is 1.68. The minimum atomic E-state index is -0.129. The summed E-state index contributed by atoms with van der Waals surface area (Å²) in [6.07, 6.45) is 0. The second-order valence-electron chi connectivity index (χ2n) is 1.89. The van der Waals surface area contributed by atoms with Gasteiger partial charge in [0.15, 0.2) is 0 Å². The van der Waals surface area contributed by atoms with Crippen molar-refractivity contribution >= 4 is 35.9 Å². The highest BCUT2D eigenvalue weighted by Crippen LogP contribution is 2.01. The summed E-state index contributed by atoms with van der Waals surface area (Å²) >= 11 is 2.16. The van der Waals surface area contributed by atoms with Crippen LogP contribution in [-0.2, 0) is 0 Å². The molecule has 9 heavy (non-hydrogen) atoms. The van der Waals surface area contributed by atoms with E-state index >= 15 is 0 Å². The van der Waals surface area contributed by atoms with Crippen molar-refractivity contribution in [2.45, 2.75) is 0 Å². The van der Waals surface area contributed by atoms with Crippen molar-refractivity contribution in [2.75, 3.05) is 0 Å². The zero-order valence-corrected chi connectivity index (χ0v) is 7.15. The molecular formula is C6H5BFI. The van der Waals surface area contributed by atoms with Crippen LogP contribution in [0.1, 0.15) is 0 Å². The van der Waals surface area contributed by atoms with Crippen LogP contribution in [0.3, 0.4) is 0 Å². The summed E-state index contributed by atoms with van der Waals surface area (Å²) in [6, 6.07) is 5.05. The monoisotopic (exact) mass is 234 g/mol. The second kappa shape index (κ2) is 2.69. The van der Waals surface area contributed by atoms with Crippen molar-refractivity contribution in [1.29, 1.82) is 0 Å². The zero-order chi connectivity index (χ0) is 6.85. The van der Waals surface area contributed by atoms with E-state index in [9.17, 15) is 4.39 Å². The van der Waals surface area contributed by atoms with Crippen LogP contribution in [0.4, 0.5) is 4.39 Å². The van der Waals surface area contributed by atoms with E-state index in [1.165, 1.54) is 6.07 Å². The summed E-state index contributed by atoms with van der Waals surface area (Å²) in [5.74, 6) is -0.129. The molecule has 0 amide bonds. The van der Waals surface area contributed by atoms with E-state index in [-0.39, 0.29) is 5.82 Å². The minimum Gasteiger partial charge on any atom is -0.208 e. The Labute approximate surface area is 68.0 Å². The topological polar surface area (TPSA) is 0 Å². The van der Waals surface area contributed by atoms with Crippen molar-refractivity contribution in [1.82, 2.24) is 0 Å². The van der Waals surface area contributed by atoms with Crippen LogP contribution >= 0.6 is 22.6 Å². The summed E-state index contributed by atoms with van der Waals surface area (Å²) in [7, 11) is 1.76. The van der Waals surface area contributed by atoms with E-state index in [1.807, 2.05) is 6.07 Å². The van der Waals surface area contributed by atoms with Gasteiger partial charge in [-0.3, -0.25) is 0 Å². The van der Waals surface area contributed by atoms with E-state index < -0.39 is 0 Å². The first-order chi connectivity index (χ1) is 4.20. The smallest absolute Gasteiger partial charge is 0.143 e. The Bertz CT molecular complexity index is 224. The van der Waals surface area contributed by atoms with E-state index in [2.05, 4.69) is 22.6 Å². The highest BCUT2D eigenvalue weighted by molar-refractivity contribution is 14.1. The minimum absolute atomic E-state index is 0.129. The molecule has 1 aromatic carbocycles. The molecule has 0 atom stereocenters. The Kier molecular flexibility index (Phi) is 2.11. The molecule has 0 aliphatic rings. The van der Waals surface area contributed by atoms with Crippen LogP contribution in [0.2, 0.25) is 0 Å². The SMILES string of the molecule is Bc1cc(I)ccc1F. The third-order valence-corrected chi connectivity index (χ3v) is 1.79. The van der Waals surface area contributed by atoms with Crippen LogP contribution in [0, 0.1) is 9.39 Å². The zero-order valence-electron chi connectivity index (χ0n) is 4.99. The standard InChI is InChI=1S/C6H5BFI/c7-5-3-4(9)1-2-6(5)8/h1-3H,7H2. The molecule has 0 nitrogen and oxygen atoms in total. The maximum Gasteiger partial charge on any atom is 0.143 e. The van der Waals surface area contributed by atoms with Gasteiger partial charge in [0, 0.05) is 3.57 Å². The van der Waals surface area contributed by atoms with Gasteiger partial charge in [0.1, 0.15) is 13.7 Å². The van der Waals surface area contributed by atoms with Gasteiger partial charge < -0.3 is 0 Å². The number of hydrogen-bond donors (Lipinski definition) is 0. The molecule has 3 heteroatoms. The van der Waals surface area contributed by atoms with Crippen LogP contribution in [0.15, 0.2) is 18.2 Å². The number of benzene rings is 1. The molecule has 0 aliphatic carbocycles. The highest BCUT2D eigenvalue weighted by atomic mass is 127. The Morgan fingerprint density at radius 3 is 2.56 bits per heavy atom. The summed E-state index contributed by atoms with van der Waals surface area (Å²) in [5.41, 5.74) is 0.710. The average Bonchev–Trinajstić information content (AvgIpc) is 1.80. The Hall–Kier alpha value is -0.0551. The number of rotatable bonds is 0. The highest BCUT2D eigenvalue weighted by Gasteiger charge is 1.93. The van der Waals surface area contributed by atoms with Gasteiger partial charge in [0.25, 0.3) is 0 Å². The molecule has 1 rings (SSSR count). The molecule has 0 unspecified atom stereocenters. The van der Waals surface area contributed by atoms with Crippen LogP contribution in [0.25, 0.3) is 0 Å². The van der Waals surface area contributed by atoms with Gasteiger partial charge in [0.05, 0.1) is 0 Å². The van der Waals surface area contributed by atoms with Crippen LogP contribution < -0.4 is 5.46 Å². The Balaban J connectivity index is 3.17. The predicted molar refractivity (Wildman–Crippen MR) is 47.3 cm³/mol. The van der Waals surface area contributed by atoms with Crippen molar-refractivity contribution in [3.8, 4) is 0 Å². The van der Waals surface area contributed by atoms with Gasteiger partial charge in [-0.2, -0.15) is 0 Å². The number of halogens is 2. The van der Waals surface area contributed by atoms with E-state index in [1.54, 1.807) is 13.9 Å². The molecule has 0 N–H and O–H groups in total. The lowest BCUT2D eigenvalue weighted by molar-refractivity contribution is 0.636. The summed E-state index contributed by atoms with van der Waals surface area (Å²) < 4.78 is 13.6. The average molecular weight is 234 g/mol. The molecule has 0 bridgehead atoms. The fourth-order valence-electron chi connectivity index (χ4n) is 0.608. The Morgan fingerprint density at radius 2 is 2.11 bits per heavy atom. The molecule has 0 heterocycles. The first kappa shape index (κ1) is 7.06. The van der Waals surface area contributed by atoms with Crippen molar-refractivity contribution in [2.24, 2.45) is 0 Å². The predicted octanol–water partition coefficient (Wildman–Crippen LogP) is 0.689. The fourth-order valence-corrected chi connectivity index (χ4v) is 1.26. The van der Waals surface area contributed by atoms with Crippen LogP contribution in [0.5, 0.6) is 0 Å². The van der Waals surface area contributed by atoms with Gasteiger partial charge in [-0.15, -0.1) is 0 Å². The number of hydrogen-bond acceptors (Lipinski definition) is 0. The molecule has 46 valence electrons. The Morgan fingerprint density at radius 1 is 1.44 bits per heavy atom. The summed E-state index contributed by atoms with van der Waals surface area (Å²) in [6.45, 7) is 0. The third-order valence-electron chi connectivity index (χ3n) is 1.12. The molecule has 0 aliphatic heterocycles. The molecule has 0 saturated heterocycles. The molecule has 1 aromatic rings. The maximum atomic E-state index is 12.5.